The Morgan fingerprint density at radius 3 is 2.38 bits per heavy atom. The third-order valence-electron chi connectivity index (χ3n) is 3.18. The van der Waals surface area contributed by atoms with E-state index in [0.717, 1.165) is 24.0 Å². The summed E-state index contributed by atoms with van der Waals surface area (Å²) in [6, 6.07) is 7.62. The molecule has 16 heavy (non-hydrogen) atoms. The summed E-state index contributed by atoms with van der Waals surface area (Å²) in [6.07, 6.45) is 2.20. The van der Waals surface area contributed by atoms with Crippen molar-refractivity contribution < 1.29 is 15.0 Å². The van der Waals surface area contributed by atoms with Gasteiger partial charge in [0.15, 0.2) is 0 Å². The van der Waals surface area contributed by atoms with Crippen molar-refractivity contribution in [2.24, 2.45) is 5.92 Å². The molecule has 1 fully saturated rings. The van der Waals surface area contributed by atoms with Gasteiger partial charge in [0.1, 0.15) is 0 Å². The highest BCUT2D eigenvalue weighted by Crippen LogP contribution is 2.45. The first-order valence-electron chi connectivity index (χ1n) is 5.56. The van der Waals surface area contributed by atoms with Crippen LogP contribution in [-0.2, 0) is 16.8 Å². The Morgan fingerprint density at radius 1 is 1.38 bits per heavy atom. The van der Waals surface area contributed by atoms with Crippen molar-refractivity contribution in [1.82, 2.24) is 0 Å². The number of hydrogen-bond donors (Lipinski definition) is 2. The number of carbonyl (C=O) groups is 1. The lowest BCUT2D eigenvalue weighted by molar-refractivity contribution is -0.141. The summed E-state index contributed by atoms with van der Waals surface area (Å²) in [5.74, 6) is -1.14. The molecule has 1 saturated carbocycles. The number of aliphatic carboxylic acids is 1. The van der Waals surface area contributed by atoms with E-state index in [0.29, 0.717) is 6.42 Å². The first-order chi connectivity index (χ1) is 7.51. The SMILES string of the molecule is CC(Cc1ccc(C2(O)CC2)cc1)C(=O)O. The molecule has 1 unspecified atom stereocenters. The number of hydrogen-bond acceptors (Lipinski definition) is 2. The van der Waals surface area contributed by atoms with Gasteiger partial charge in [0.25, 0.3) is 0 Å². The summed E-state index contributed by atoms with van der Waals surface area (Å²) < 4.78 is 0. The van der Waals surface area contributed by atoms with Crippen LogP contribution in [0.4, 0.5) is 0 Å². The zero-order chi connectivity index (χ0) is 11.8. The highest BCUT2D eigenvalue weighted by atomic mass is 16.4. The second kappa shape index (κ2) is 3.91. The van der Waals surface area contributed by atoms with Crippen molar-refractivity contribution in [3.63, 3.8) is 0 Å². The van der Waals surface area contributed by atoms with Crippen LogP contribution < -0.4 is 0 Å². The summed E-state index contributed by atoms with van der Waals surface area (Å²) >= 11 is 0. The van der Waals surface area contributed by atoms with Crippen molar-refractivity contribution in [2.75, 3.05) is 0 Å². The molecule has 0 radical (unpaired) electrons. The lowest BCUT2D eigenvalue weighted by atomic mass is 9.98. The van der Waals surface area contributed by atoms with Gasteiger partial charge >= 0.3 is 5.97 Å². The van der Waals surface area contributed by atoms with E-state index in [-0.39, 0.29) is 5.92 Å². The van der Waals surface area contributed by atoms with Crippen molar-refractivity contribution in [3.8, 4) is 0 Å². The average molecular weight is 220 g/mol. The van der Waals surface area contributed by atoms with E-state index in [1.165, 1.54) is 0 Å². The molecule has 1 aromatic carbocycles. The third-order valence-corrected chi connectivity index (χ3v) is 3.18. The maximum Gasteiger partial charge on any atom is 0.306 e. The lowest BCUT2D eigenvalue weighted by Gasteiger charge is -2.10. The first-order valence-corrected chi connectivity index (χ1v) is 5.56. The Balaban J connectivity index is 2.05. The molecule has 0 spiro atoms. The summed E-state index contributed by atoms with van der Waals surface area (Å²) in [5.41, 5.74) is 1.35. The van der Waals surface area contributed by atoms with Crippen LogP contribution in [0.25, 0.3) is 0 Å². The standard InChI is InChI=1S/C13H16O3/c1-9(12(14)15)8-10-2-4-11(5-3-10)13(16)6-7-13/h2-5,9,16H,6-8H2,1H3,(H,14,15). The van der Waals surface area contributed by atoms with Gasteiger partial charge in [0, 0.05) is 0 Å². The molecule has 3 heteroatoms. The Bertz CT molecular complexity index is 390. The molecule has 0 aromatic heterocycles. The van der Waals surface area contributed by atoms with E-state index < -0.39 is 11.6 Å². The van der Waals surface area contributed by atoms with Gasteiger partial charge in [0.2, 0.25) is 0 Å². The van der Waals surface area contributed by atoms with Crippen molar-refractivity contribution in [1.29, 1.82) is 0 Å². The maximum atomic E-state index is 10.7. The van der Waals surface area contributed by atoms with Gasteiger partial charge in [-0.25, -0.2) is 0 Å². The Hall–Kier alpha value is -1.35. The fourth-order valence-corrected chi connectivity index (χ4v) is 1.80. The summed E-state index contributed by atoms with van der Waals surface area (Å²) in [7, 11) is 0. The predicted molar refractivity (Wildman–Crippen MR) is 60.1 cm³/mol. The number of carboxylic acid groups (broad SMARTS) is 1. The molecule has 1 atom stereocenters. The van der Waals surface area contributed by atoms with Gasteiger partial charge in [-0.1, -0.05) is 31.2 Å². The normalized spacial score (nSPS) is 19.1. The number of benzene rings is 1. The molecule has 1 aliphatic carbocycles. The van der Waals surface area contributed by atoms with Crippen LogP contribution in [0.1, 0.15) is 30.9 Å². The minimum absolute atomic E-state index is 0.366. The largest absolute Gasteiger partial charge is 0.481 e. The zero-order valence-corrected chi connectivity index (χ0v) is 9.31. The van der Waals surface area contributed by atoms with Crippen LogP contribution in [0.5, 0.6) is 0 Å². The monoisotopic (exact) mass is 220 g/mol. The molecule has 86 valence electrons. The van der Waals surface area contributed by atoms with E-state index >= 15 is 0 Å². The third kappa shape index (κ3) is 2.25. The van der Waals surface area contributed by atoms with Crippen LogP contribution in [0.15, 0.2) is 24.3 Å². The van der Waals surface area contributed by atoms with E-state index in [4.69, 9.17) is 5.11 Å². The zero-order valence-electron chi connectivity index (χ0n) is 9.31. The molecule has 0 amide bonds. The molecule has 3 nitrogen and oxygen atoms in total. The number of carboxylic acids is 1. The molecule has 1 aliphatic rings. The smallest absolute Gasteiger partial charge is 0.306 e. The lowest BCUT2D eigenvalue weighted by Crippen LogP contribution is -2.12. The van der Waals surface area contributed by atoms with Crippen LogP contribution in [-0.4, -0.2) is 16.2 Å². The summed E-state index contributed by atoms with van der Waals surface area (Å²) in [4.78, 5) is 10.7. The molecule has 1 aromatic rings. The van der Waals surface area contributed by atoms with Crippen LogP contribution in [0.2, 0.25) is 0 Å². The molecular weight excluding hydrogens is 204 g/mol. The molecular formula is C13H16O3. The van der Waals surface area contributed by atoms with Crippen LogP contribution in [0, 0.1) is 5.92 Å². The Labute approximate surface area is 94.7 Å². The van der Waals surface area contributed by atoms with Gasteiger partial charge in [-0.05, 0) is 30.4 Å². The second-order valence-corrected chi connectivity index (χ2v) is 4.67. The van der Waals surface area contributed by atoms with Gasteiger partial charge < -0.3 is 10.2 Å². The molecule has 0 saturated heterocycles. The molecule has 0 aliphatic heterocycles. The minimum Gasteiger partial charge on any atom is -0.481 e. The van der Waals surface area contributed by atoms with E-state index in [1.807, 2.05) is 24.3 Å². The van der Waals surface area contributed by atoms with Crippen LogP contribution >= 0.6 is 0 Å². The Kier molecular flexibility index (Phi) is 2.72. The first kappa shape index (κ1) is 11.1. The average Bonchev–Trinajstić information content (AvgIpc) is 2.98. The Morgan fingerprint density at radius 2 is 1.94 bits per heavy atom. The van der Waals surface area contributed by atoms with E-state index in [2.05, 4.69) is 0 Å². The van der Waals surface area contributed by atoms with Crippen molar-refractivity contribution >= 4 is 5.97 Å². The fraction of sp³-hybridized carbons (Fsp3) is 0.462. The maximum absolute atomic E-state index is 10.7. The molecule has 0 bridgehead atoms. The van der Waals surface area contributed by atoms with Gasteiger partial charge in [0.05, 0.1) is 11.5 Å². The topological polar surface area (TPSA) is 57.5 Å². The molecule has 0 heterocycles. The summed E-state index contributed by atoms with van der Waals surface area (Å²) in [5, 5.41) is 18.7. The minimum atomic E-state index is -0.773. The predicted octanol–water partition coefficient (Wildman–Crippen LogP) is 1.93. The van der Waals surface area contributed by atoms with E-state index in [1.54, 1.807) is 6.92 Å². The van der Waals surface area contributed by atoms with Gasteiger partial charge in [-0.15, -0.1) is 0 Å². The second-order valence-electron chi connectivity index (χ2n) is 4.67. The van der Waals surface area contributed by atoms with Crippen LogP contribution in [0.3, 0.4) is 0 Å². The molecule has 2 N–H and O–H groups in total. The van der Waals surface area contributed by atoms with Gasteiger partial charge in [-0.3, -0.25) is 4.79 Å². The van der Waals surface area contributed by atoms with Crippen molar-refractivity contribution in [2.45, 2.75) is 31.8 Å². The van der Waals surface area contributed by atoms with E-state index in [9.17, 15) is 9.90 Å². The number of rotatable bonds is 4. The summed E-state index contributed by atoms with van der Waals surface area (Å²) in [6.45, 7) is 1.70. The highest BCUT2D eigenvalue weighted by Gasteiger charge is 2.41. The quantitative estimate of drug-likeness (QED) is 0.815. The number of aliphatic hydroxyl groups is 1. The van der Waals surface area contributed by atoms with Gasteiger partial charge in [-0.2, -0.15) is 0 Å². The highest BCUT2D eigenvalue weighted by molar-refractivity contribution is 5.69. The fourth-order valence-electron chi connectivity index (χ4n) is 1.80. The van der Waals surface area contributed by atoms with Crippen molar-refractivity contribution in [3.05, 3.63) is 35.4 Å². The molecule has 2 rings (SSSR count).